The lowest BCUT2D eigenvalue weighted by Gasteiger charge is -2.28. The largest absolute Gasteiger partial charge is 0.480 e. The number of hydrogen-bond acceptors (Lipinski definition) is 3. The number of carbonyl (C=O) groups is 2. The summed E-state index contributed by atoms with van der Waals surface area (Å²) in [5, 5.41) is 11.9. The van der Waals surface area contributed by atoms with Crippen molar-refractivity contribution in [3.8, 4) is 0 Å². The molecule has 0 aliphatic carbocycles. The first-order chi connectivity index (χ1) is 11.0. The first-order valence-corrected chi connectivity index (χ1v) is 7.82. The molecular formula is C17H22FNO4. The van der Waals surface area contributed by atoms with E-state index in [0.29, 0.717) is 13.2 Å². The summed E-state index contributed by atoms with van der Waals surface area (Å²) in [6.07, 6.45) is 1.68. The van der Waals surface area contributed by atoms with Gasteiger partial charge in [-0.2, -0.15) is 0 Å². The van der Waals surface area contributed by atoms with Crippen molar-refractivity contribution < 1.29 is 23.8 Å². The molecule has 1 aliphatic heterocycles. The van der Waals surface area contributed by atoms with Crippen molar-refractivity contribution in [1.82, 2.24) is 5.32 Å². The quantitative estimate of drug-likeness (QED) is 0.842. The average molecular weight is 323 g/mol. The number of benzene rings is 1. The lowest BCUT2D eigenvalue weighted by atomic mass is 9.92. The zero-order valence-corrected chi connectivity index (χ0v) is 13.1. The number of rotatable bonds is 6. The number of halogens is 1. The number of carbonyl (C=O) groups excluding carboxylic acids is 1. The molecule has 3 unspecified atom stereocenters. The second-order valence-electron chi connectivity index (χ2n) is 6.02. The van der Waals surface area contributed by atoms with E-state index in [1.807, 2.05) is 6.92 Å². The van der Waals surface area contributed by atoms with Crippen molar-refractivity contribution in [3.05, 3.63) is 35.6 Å². The first kappa shape index (κ1) is 17.4. The van der Waals surface area contributed by atoms with E-state index < -0.39 is 12.0 Å². The van der Waals surface area contributed by atoms with Crippen LogP contribution in [0.15, 0.2) is 24.3 Å². The van der Waals surface area contributed by atoms with Crippen LogP contribution in [0.5, 0.6) is 0 Å². The summed E-state index contributed by atoms with van der Waals surface area (Å²) in [4.78, 5) is 23.6. The molecule has 1 heterocycles. The molecule has 1 aliphatic rings. The van der Waals surface area contributed by atoms with Crippen molar-refractivity contribution in [2.24, 2.45) is 5.92 Å². The third kappa shape index (κ3) is 5.03. The molecule has 1 amide bonds. The molecule has 0 spiro atoms. The van der Waals surface area contributed by atoms with Gasteiger partial charge in [-0.05, 0) is 36.5 Å². The van der Waals surface area contributed by atoms with Gasteiger partial charge < -0.3 is 15.2 Å². The summed E-state index contributed by atoms with van der Waals surface area (Å²) >= 11 is 0. The molecule has 6 heteroatoms. The zero-order valence-electron chi connectivity index (χ0n) is 13.1. The molecule has 1 saturated heterocycles. The fourth-order valence-electron chi connectivity index (χ4n) is 2.83. The van der Waals surface area contributed by atoms with Gasteiger partial charge in [-0.15, -0.1) is 0 Å². The Morgan fingerprint density at radius 2 is 2.09 bits per heavy atom. The van der Waals surface area contributed by atoms with Crippen molar-refractivity contribution in [3.63, 3.8) is 0 Å². The van der Waals surface area contributed by atoms with E-state index in [1.165, 1.54) is 12.1 Å². The Labute approximate surface area is 134 Å². The topological polar surface area (TPSA) is 75.6 Å². The Morgan fingerprint density at radius 3 is 2.65 bits per heavy atom. The van der Waals surface area contributed by atoms with Gasteiger partial charge in [0.15, 0.2) is 0 Å². The monoisotopic (exact) mass is 323 g/mol. The molecule has 0 bridgehead atoms. The van der Waals surface area contributed by atoms with Gasteiger partial charge in [0, 0.05) is 18.9 Å². The minimum Gasteiger partial charge on any atom is -0.480 e. The summed E-state index contributed by atoms with van der Waals surface area (Å²) < 4.78 is 18.2. The summed E-state index contributed by atoms with van der Waals surface area (Å²) in [5.74, 6) is -2.00. The van der Waals surface area contributed by atoms with Gasteiger partial charge in [0.25, 0.3) is 0 Å². The third-order valence-electron chi connectivity index (χ3n) is 4.18. The molecule has 5 nitrogen and oxygen atoms in total. The molecular weight excluding hydrogens is 301 g/mol. The SMILES string of the molecule is CC(CC(=O)NC(C(=O)O)C1CCCOC1)c1ccc(F)cc1. The maximum absolute atomic E-state index is 12.9. The van der Waals surface area contributed by atoms with Crippen LogP contribution < -0.4 is 5.32 Å². The highest BCUT2D eigenvalue weighted by Crippen LogP contribution is 2.21. The van der Waals surface area contributed by atoms with E-state index in [9.17, 15) is 19.1 Å². The van der Waals surface area contributed by atoms with Crippen LogP contribution in [0.1, 0.15) is 37.7 Å². The number of amides is 1. The highest BCUT2D eigenvalue weighted by molar-refractivity contribution is 5.84. The Kier molecular flexibility index (Phi) is 6.10. The van der Waals surface area contributed by atoms with E-state index in [1.54, 1.807) is 12.1 Å². The fraction of sp³-hybridized carbons (Fsp3) is 0.529. The lowest BCUT2D eigenvalue weighted by molar-refractivity contribution is -0.145. The van der Waals surface area contributed by atoms with E-state index in [4.69, 9.17) is 4.74 Å². The van der Waals surface area contributed by atoms with Crippen molar-refractivity contribution in [2.45, 2.75) is 38.1 Å². The van der Waals surface area contributed by atoms with Gasteiger partial charge in [0.05, 0.1) is 6.61 Å². The predicted octanol–water partition coefficient (Wildman–Crippen LogP) is 2.32. The number of nitrogens with one attached hydrogen (secondary N) is 1. The number of ether oxygens (including phenoxy) is 1. The average Bonchev–Trinajstić information content (AvgIpc) is 2.53. The Hall–Kier alpha value is -1.95. The van der Waals surface area contributed by atoms with Crippen LogP contribution >= 0.6 is 0 Å². The van der Waals surface area contributed by atoms with Crippen LogP contribution in [0.2, 0.25) is 0 Å². The summed E-state index contributed by atoms with van der Waals surface area (Å²) in [6, 6.07) is 5.04. The number of aliphatic carboxylic acids is 1. The standard InChI is InChI=1S/C17H22FNO4/c1-11(12-4-6-14(18)7-5-12)9-15(20)19-16(17(21)22)13-3-2-8-23-10-13/h4-7,11,13,16H,2-3,8-10H2,1H3,(H,19,20)(H,21,22). The molecule has 23 heavy (non-hydrogen) atoms. The lowest BCUT2D eigenvalue weighted by Crippen LogP contribution is -2.48. The molecule has 2 N–H and O–H groups in total. The number of carboxylic acid groups (broad SMARTS) is 1. The zero-order chi connectivity index (χ0) is 16.8. The normalized spacial score (nSPS) is 20.5. The molecule has 1 aromatic carbocycles. The minimum atomic E-state index is -1.04. The van der Waals surface area contributed by atoms with Gasteiger partial charge in [-0.1, -0.05) is 19.1 Å². The second-order valence-corrected chi connectivity index (χ2v) is 6.02. The van der Waals surface area contributed by atoms with Crippen LogP contribution in [0.25, 0.3) is 0 Å². The van der Waals surface area contributed by atoms with Gasteiger partial charge in [-0.3, -0.25) is 4.79 Å². The summed E-state index contributed by atoms with van der Waals surface area (Å²) in [5.41, 5.74) is 0.842. The third-order valence-corrected chi connectivity index (χ3v) is 4.18. The maximum atomic E-state index is 12.9. The van der Waals surface area contributed by atoms with Crippen LogP contribution in [0.4, 0.5) is 4.39 Å². The summed E-state index contributed by atoms with van der Waals surface area (Å²) in [6.45, 7) is 2.84. The number of hydrogen-bond donors (Lipinski definition) is 2. The smallest absolute Gasteiger partial charge is 0.326 e. The Bertz CT molecular complexity index is 540. The van der Waals surface area contributed by atoms with Gasteiger partial charge in [0.2, 0.25) is 5.91 Å². The van der Waals surface area contributed by atoms with E-state index >= 15 is 0 Å². The first-order valence-electron chi connectivity index (χ1n) is 7.82. The van der Waals surface area contributed by atoms with E-state index in [-0.39, 0.29) is 30.0 Å². The molecule has 1 fully saturated rings. The second kappa shape index (κ2) is 8.06. The van der Waals surface area contributed by atoms with Crippen LogP contribution in [-0.2, 0) is 14.3 Å². The van der Waals surface area contributed by atoms with Crippen LogP contribution in [0.3, 0.4) is 0 Å². The van der Waals surface area contributed by atoms with Crippen LogP contribution in [0, 0.1) is 11.7 Å². The molecule has 126 valence electrons. The summed E-state index contributed by atoms with van der Waals surface area (Å²) in [7, 11) is 0. The van der Waals surface area contributed by atoms with Crippen molar-refractivity contribution in [2.75, 3.05) is 13.2 Å². The molecule has 0 saturated carbocycles. The molecule has 1 aromatic rings. The molecule has 3 atom stereocenters. The Balaban J connectivity index is 1.93. The fourth-order valence-corrected chi connectivity index (χ4v) is 2.83. The maximum Gasteiger partial charge on any atom is 0.326 e. The Morgan fingerprint density at radius 1 is 1.39 bits per heavy atom. The predicted molar refractivity (Wildman–Crippen MR) is 82.5 cm³/mol. The number of carboxylic acids is 1. The van der Waals surface area contributed by atoms with Crippen LogP contribution in [-0.4, -0.2) is 36.2 Å². The van der Waals surface area contributed by atoms with Gasteiger partial charge in [0.1, 0.15) is 11.9 Å². The van der Waals surface area contributed by atoms with Gasteiger partial charge in [-0.25, -0.2) is 9.18 Å². The minimum absolute atomic E-state index is 0.118. The van der Waals surface area contributed by atoms with Crippen molar-refractivity contribution >= 4 is 11.9 Å². The molecule has 0 radical (unpaired) electrons. The van der Waals surface area contributed by atoms with E-state index in [2.05, 4.69) is 5.32 Å². The molecule has 0 aromatic heterocycles. The molecule has 2 rings (SSSR count). The van der Waals surface area contributed by atoms with E-state index in [0.717, 1.165) is 18.4 Å². The van der Waals surface area contributed by atoms with Gasteiger partial charge >= 0.3 is 5.97 Å². The highest BCUT2D eigenvalue weighted by atomic mass is 19.1. The van der Waals surface area contributed by atoms with Crippen molar-refractivity contribution in [1.29, 1.82) is 0 Å². The highest BCUT2D eigenvalue weighted by Gasteiger charge is 2.31.